The molecule has 0 aliphatic carbocycles. The van der Waals surface area contributed by atoms with Crippen LogP contribution in [0.25, 0.3) is 32.9 Å². The minimum atomic E-state index is 0.786. The molecule has 0 aliphatic rings. The summed E-state index contributed by atoms with van der Waals surface area (Å²) in [6.07, 6.45) is 0.786. The molecular formula is C25H18O. The zero-order valence-corrected chi connectivity index (χ0v) is 14.4. The van der Waals surface area contributed by atoms with Crippen molar-refractivity contribution in [1.29, 1.82) is 0 Å². The Morgan fingerprint density at radius 3 is 2.08 bits per heavy atom. The third kappa shape index (κ3) is 2.49. The molecule has 1 nitrogen and oxygen atoms in total. The Kier molecular flexibility index (Phi) is 3.57. The van der Waals surface area contributed by atoms with Crippen LogP contribution >= 0.6 is 0 Å². The molecule has 1 heterocycles. The van der Waals surface area contributed by atoms with E-state index in [9.17, 15) is 0 Å². The van der Waals surface area contributed by atoms with Gasteiger partial charge in [-0.3, -0.25) is 0 Å². The van der Waals surface area contributed by atoms with E-state index in [1.165, 1.54) is 32.8 Å². The Labute approximate surface area is 152 Å². The van der Waals surface area contributed by atoms with Gasteiger partial charge in [0.1, 0.15) is 11.3 Å². The molecule has 1 heteroatoms. The molecule has 0 saturated heterocycles. The molecule has 5 aromatic rings. The van der Waals surface area contributed by atoms with Gasteiger partial charge in [0.25, 0.3) is 0 Å². The molecule has 0 aliphatic heterocycles. The average molecular weight is 334 g/mol. The van der Waals surface area contributed by atoms with E-state index >= 15 is 0 Å². The lowest BCUT2D eigenvalue weighted by atomic mass is 9.97. The zero-order valence-electron chi connectivity index (χ0n) is 14.4. The van der Waals surface area contributed by atoms with Crippen molar-refractivity contribution in [3.63, 3.8) is 0 Å². The average Bonchev–Trinajstić information content (AvgIpc) is 3.08. The standard InChI is InChI=1S/C25H18O/c1-3-9-18(10-4-1)17-23-24(20-12-5-2-6-13-20)22-16-15-19-11-7-8-14-21(19)25(22)26-23/h1-16H,17H2. The van der Waals surface area contributed by atoms with Crippen LogP contribution in [0.15, 0.2) is 101 Å². The highest BCUT2D eigenvalue weighted by molar-refractivity contribution is 6.10. The van der Waals surface area contributed by atoms with Crippen LogP contribution in [-0.2, 0) is 6.42 Å². The Bertz CT molecular complexity index is 1180. The Morgan fingerprint density at radius 1 is 0.577 bits per heavy atom. The van der Waals surface area contributed by atoms with Crippen molar-refractivity contribution in [3.8, 4) is 11.1 Å². The third-order valence-corrected chi connectivity index (χ3v) is 4.92. The van der Waals surface area contributed by atoms with Gasteiger partial charge >= 0.3 is 0 Å². The summed E-state index contributed by atoms with van der Waals surface area (Å²) in [6, 6.07) is 33.9. The lowest BCUT2D eigenvalue weighted by molar-refractivity contribution is 0.567. The minimum Gasteiger partial charge on any atom is -0.459 e. The molecule has 0 atom stereocenters. The summed E-state index contributed by atoms with van der Waals surface area (Å²) >= 11 is 0. The minimum absolute atomic E-state index is 0.786. The molecule has 0 unspecified atom stereocenters. The highest BCUT2D eigenvalue weighted by Gasteiger charge is 2.17. The topological polar surface area (TPSA) is 13.1 Å². The van der Waals surface area contributed by atoms with Gasteiger partial charge in [0.05, 0.1) is 0 Å². The number of rotatable bonds is 3. The van der Waals surface area contributed by atoms with Gasteiger partial charge in [-0.05, 0) is 22.6 Å². The number of hydrogen-bond donors (Lipinski definition) is 0. The molecule has 0 saturated carbocycles. The second-order valence-electron chi connectivity index (χ2n) is 6.59. The van der Waals surface area contributed by atoms with E-state index in [-0.39, 0.29) is 0 Å². The van der Waals surface area contributed by atoms with Crippen LogP contribution in [-0.4, -0.2) is 0 Å². The largest absolute Gasteiger partial charge is 0.459 e. The molecule has 1 aromatic heterocycles. The highest BCUT2D eigenvalue weighted by Crippen LogP contribution is 2.39. The number of fused-ring (bicyclic) bond motifs is 3. The van der Waals surface area contributed by atoms with E-state index < -0.39 is 0 Å². The van der Waals surface area contributed by atoms with E-state index in [4.69, 9.17) is 4.42 Å². The van der Waals surface area contributed by atoms with Gasteiger partial charge in [0.2, 0.25) is 0 Å². The molecule has 0 amide bonds. The fraction of sp³-hybridized carbons (Fsp3) is 0.0400. The molecule has 0 bridgehead atoms. The number of benzene rings is 4. The van der Waals surface area contributed by atoms with Gasteiger partial charge < -0.3 is 4.42 Å². The first-order valence-electron chi connectivity index (χ1n) is 8.92. The van der Waals surface area contributed by atoms with Crippen molar-refractivity contribution in [1.82, 2.24) is 0 Å². The molecule has 5 rings (SSSR count). The smallest absolute Gasteiger partial charge is 0.142 e. The first kappa shape index (κ1) is 15.0. The van der Waals surface area contributed by atoms with Gasteiger partial charge in [-0.2, -0.15) is 0 Å². The summed E-state index contributed by atoms with van der Waals surface area (Å²) in [5, 5.41) is 3.56. The van der Waals surface area contributed by atoms with Crippen LogP contribution in [0.1, 0.15) is 11.3 Å². The normalized spacial score (nSPS) is 11.2. The number of furan rings is 1. The summed E-state index contributed by atoms with van der Waals surface area (Å²) in [7, 11) is 0. The van der Waals surface area contributed by atoms with Crippen LogP contribution in [0.5, 0.6) is 0 Å². The molecule has 26 heavy (non-hydrogen) atoms. The van der Waals surface area contributed by atoms with E-state index in [1.54, 1.807) is 0 Å². The van der Waals surface area contributed by atoms with Crippen molar-refractivity contribution >= 4 is 21.7 Å². The number of hydrogen-bond acceptors (Lipinski definition) is 1. The van der Waals surface area contributed by atoms with Crippen LogP contribution in [0, 0.1) is 0 Å². The molecule has 0 N–H and O–H groups in total. The van der Waals surface area contributed by atoms with Crippen LogP contribution < -0.4 is 0 Å². The van der Waals surface area contributed by atoms with E-state index in [2.05, 4.69) is 91.0 Å². The third-order valence-electron chi connectivity index (χ3n) is 4.92. The van der Waals surface area contributed by atoms with E-state index in [0.29, 0.717) is 0 Å². The fourth-order valence-corrected chi connectivity index (χ4v) is 3.70. The first-order chi connectivity index (χ1) is 12.9. The lowest BCUT2D eigenvalue weighted by Gasteiger charge is -2.04. The fourth-order valence-electron chi connectivity index (χ4n) is 3.70. The van der Waals surface area contributed by atoms with Crippen molar-refractivity contribution in [2.45, 2.75) is 6.42 Å². The second-order valence-corrected chi connectivity index (χ2v) is 6.59. The molecule has 0 spiro atoms. The van der Waals surface area contributed by atoms with Gasteiger partial charge in [-0.25, -0.2) is 0 Å². The van der Waals surface area contributed by atoms with Gasteiger partial charge in [0.15, 0.2) is 0 Å². The van der Waals surface area contributed by atoms with E-state index in [1.807, 2.05) is 6.07 Å². The maximum absolute atomic E-state index is 6.47. The summed E-state index contributed by atoms with van der Waals surface area (Å²) in [4.78, 5) is 0. The summed E-state index contributed by atoms with van der Waals surface area (Å²) < 4.78 is 6.47. The quantitative estimate of drug-likeness (QED) is 0.352. The van der Waals surface area contributed by atoms with Crippen LogP contribution in [0.4, 0.5) is 0 Å². The SMILES string of the molecule is c1ccc(Cc2oc3c(ccc4ccccc43)c2-c2ccccc2)cc1. The summed E-state index contributed by atoms with van der Waals surface area (Å²) in [5.74, 6) is 1.02. The summed E-state index contributed by atoms with van der Waals surface area (Å²) in [5.41, 5.74) is 4.64. The molecule has 124 valence electrons. The van der Waals surface area contributed by atoms with Crippen LogP contribution in [0.3, 0.4) is 0 Å². The maximum Gasteiger partial charge on any atom is 0.142 e. The zero-order chi connectivity index (χ0) is 17.3. The van der Waals surface area contributed by atoms with Gasteiger partial charge in [-0.1, -0.05) is 91.0 Å². The molecule has 4 aromatic carbocycles. The second kappa shape index (κ2) is 6.20. The lowest BCUT2D eigenvalue weighted by Crippen LogP contribution is -1.88. The molecule has 0 fully saturated rings. The first-order valence-corrected chi connectivity index (χ1v) is 8.92. The van der Waals surface area contributed by atoms with Gasteiger partial charge in [0, 0.05) is 22.8 Å². The maximum atomic E-state index is 6.47. The molecule has 0 radical (unpaired) electrons. The monoisotopic (exact) mass is 334 g/mol. The van der Waals surface area contributed by atoms with Gasteiger partial charge in [-0.15, -0.1) is 0 Å². The predicted molar refractivity (Wildman–Crippen MR) is 108 cm³/mol. The Hall–Kier alpha value is -3.32. The van der Waals surface area contributed by atoms with Crippen molar-refractivity contribution in [2.24, 2.45) is 0 Å². The van der Waals surface area contributed by atoms with Crippen LogP contribution in [0.2, 0.25) is 0 Å². The molecular weight excluding hydrogens is 316 g/mol. The Morgan fingerprint density at radius 2 is 1.27 bits per heavy atom. The van der Waals surface area contributed by atoms with Crippen molar-refractivity contribution in [3.05, 3.63) is 108 Å². The van der Waals surface area contributed by atoms with Crippen molar-refractivity contribution in [2.75, 3.05) is 0 Å². The predicted octanol–water partition coefficient (Wildman–Crippen LogP) is 6.84. The summed E-state index contributed by atoms with van der Waals surface area (Å²) in [6.45, 7) is 0. The van der Waals surface area contributed by atoms with E-state index in [0.717, 1.165) is 17.8 Å². The van der Waals surface area contributed by atoms with Crippen molar-refractivity contribution < 1.29 is 4.42 Å². The highest BCUT2D eigenvalue weighted by atomic mass is 16.3. The Balaban J connectivity index is 1.80.